The first-order valence-electron chi connectivity index (χ1n) is 9.99. The van der Waals surface area contributed by atoms with Crippen LogP contribution in [0.1, 0.15) is 30.4 Å². The molecule has 0 saturated heterocycles. The molecule has 0 aliphatic heterocycles. The smallest absolute Gasteiger partial charge is 0.232 e. The van der Waals surface area contributed by atoms with E-state index in [-0.39, 0.29) is 5.95 Å². The number of methoxy groups -OCH3 is 1. The molecule has 1 saturated carbocycles. The number of anilines is 3. The third-order valence-corrected chi connectivity index (χ3v) is 5.91. The van der Waals surface area contributed by atoms with Crippen LogP contribution in [0.5, 0.6) is 5.75 Å². The average molecular weight is 432 g/mol. The van der Waals surface area contributed by atoms with Crippen LogP contribution in [0, 0.1) is 0 Å². The van der Waals surface area contributed by atoms with Gasteiger partial charge in [-0.25, -0.2) is 9.97 Å². The number of ether oxygens (including phenoxy) is 1. The third-order valence-electron chi connectivity index (χ3n) is 4.92. The Bertz CT molecular complexity index is 1250. The summed E-state index contributed by atoms with van der Waals surface area (Å²) in [4.78, 5) is 22.6. The molecular formula is C22H21N7OS. The summed E-state index contributed by atoms with van der Waals surface area (Å²) in [5.74, 6) is 3.72. The minimum Gasteiger partial charge on any atom is -0.495 e. The number of thioether (sulfide) groups is 1. The standard InChI is InChI=1S/C22H21N7OS/c1-30-17-9-5-4-8-16(17)25-22-27-18(26-21(23)29-22)12-31-20-14-6-2-3-7-15(14)24-19(28-20)13-10-11-13/h2-9,13H,10-12H2,1H3,(H3,23,25,26,27,29). The van der Waals surface area contributed by atoms with E-state index in [0.29, 0.717) is 29.2 Å². The van der Waals surface area contributed by atoms with Crippen molar-refractivity contribution in [2.45, 2.75) is 29.5 Å². The topological polar surface area (TPSA) is 112 Å². The van der Waals surface area contributed by atoms with E-state index in [0.717, 1.165) is 40.3 Å². The molecule has 1 aliphatic carbocycles. The maximum absolute atomic E-state index is 5.95. The Hall–Kier alpha value is -3.46. The van der Waals surface area contributed by atoms with E-state index in [1.54, 1.807) is 18.9 Å². The van der Waals surface area contributed by atoms with Gasteiger partial charge in [0.2, 0.25) is 11.9 Å². The van der Waals surface area contributed by atoms with Crippen molar-refractivity contribution >= 4 is 40.2 Å². The lowest BCUT2D eigenvalue weighted by molar-refractivity contribution is 0.417. The number of nitrogen functional groups attached to an aromatic ring is 1. The van der Waals surface area contributed by atoms with Gasteiger partial charge in [0.15, 0.2) is 0 Å². The number of hydrogen-bond acceptors (Lipinski definition) is 9. The molecule has 1 aliphatic rings. The Labute approximate surface area is 183 Å². The van der Waals surface area contributed by atoms with E-state index >= 15 is 0 Å². The molecular weight excluding hydrogens is 410 g/mol. The summed E-state index contributed by atoms with van der Waals surface area (Å²) in [6.07, 6.45) is 2.31. The largest absolute Gasteiger partial charge is 0.495 e. The molecule has 5 rings (SSSR count). The number of nitrogens with one attached hydrogen (secondary N) is 1. The minimum atomic E-state index is 0.161. The fourth-order valence-electron chi connectivity index (χ4n) is 3.26. The Kier molecular flexibility index (Phi) is 5.25. The van der Waals surface area contributed by atoms with Crippen LogP contribution in [-0.4, -0.2) is 32.0 Å². The predicted molar refractivity (Wildman–Crippen MR) is 122 cm³/mol. The highest BCUT2D eigenvalue weighted by Crippen LogP contribution is 2.40. The molecule has 1 fully saturated rings. The molecule has 0 atom stereocenters. The second kappa shape index (κ2) is 8.35. The summed E-state index contributed by atoms with van der Waals surface area (Å²) in [7, 11) is 1.62. The number of fused-ring (bicyclic) bond motifs is 1. The van der Waals surface area contributed by atoms with Crippen molar-refractivity contribution in [3.63, 3.8) is 0 Å². The van der Waals surface area contributed by atoms with Gasteiger partial charge >= 0.3 is 0 Å². The molecule has 3 N–H and O–H groups in total. The predicted octanol–water partition coefficient (Wildman–Crippen LogP) is 4.32. The summed E-state index contributed by atoms with van der Waals surface area (Å²) >= 11 is 1.58. The maximum atomic E-state index is 5.95. The molecule has 0 unspecified atom stereocenters. The van der Waals surface area contributed by atoms with E-state index in [2.05, 4.69) is 20.3 Å². The van der Waals surface area contributed by atoms with Gasteiger partial charge in [-0.15, -0.1) is 0 Å². The fraction of sp³-hybridized carbons (Fsp3) is 0.227. The van der Waals surface area contributed by atoms with Crippen molar-refractivity contribution in [1.29, 1.82) is 0 Å². The monoisotopic (exact) mass is 431 g/mol. The zero-order chi connectivity index (χ0) is 21.2. The van der Waals surface area contributed by atoms with Gasteiger partial charge in [0.25, 0.3) is 0 Å². The molecule has 8 nitrogen and oxygen atoms in total. The molecule has 0 radical (unpaired) electrons. The van der Waals surface area contributed by atoms with E-state index in [4.69, 9.17) is 20.4 Å². The fourth-order valence-corrected chi connectivity index (χ4v) is 4.14. The number of benzene rings is 2. The highest BCUT2D eigenvalue weighted by atomic mass is 32.2. The van der Waals surface area contributed by atoms with Crippen LogP contribution in [0.25, 0.3) is 10.9 Å². The lowest BCUT2D eigenvalue weighted by Crippen LogP contribution is -2.07. The number of para-hydroxylation sites is 3. The number of hydrogen-bond donors (Lipinski definition) is 2. The summed E-state index contributed by atoms with van der Waals surface area (Å²) < 4.78 is 5.38. The van der Waals surface area contributed by atoms with Gasteiger partial charge < -0.3 is 15.8 Å². The van der Waals surface area contributed by atoms with E-state index < -0.39 is 0 Å². The zero-order valence-electron chi connectivity index (χ0n) is 16.9. The summed E-state index contributed by atoms with van der Waals surface area (Å²) in [6.45, 7) is 0. The van der Waals surface area contributed by atoms with E-state index in [9.17, 15) is 0 Å². The molecule has 2 heterocycles. The zero-order valence-corrected chi connectivity index (χ0v) is 17.8. The lowest BCUT2D eigenvalue weighted by atomic mass is 10.2. The van der Waals surface area contributed by atoms with Crippen molar-refractivity contribution in [3.8, 4) is 5.75 Å². The van der Waals surface area contributed by atoms with Gasteiger partial charge in [-0.2, -0.15) is 15.0 Å². The van der Waals surface area contributed by atoms with E-state index in [1.807, 2.05) is 48.5 Å². The molecule has 0 amide bonds. The molecule has 2 aromatic carbocycles. The molecule has 4 aromatic rings. The molecule has 31 heavy (non-hydrogen) atoms. The van der Waals surface area contributed by atoms with Crippen LogP contribution in [0.2, 0.25) is 0 Å². The van der Waals surface area contributed by atoms with Gasteiger partial charge in [-0.1, -0.05) is 42.1 Å². The van der Waals surface area contributed by atoms with Gasteiger partial charge in [0.1, 0.15) is 22.4 Å². The van der Waals surface area contributed by atoms with Crippen molar-refractivity contribution in [2.24, 2.45) is 0 Å². The summed E-state index contributed by atoms with van der Waals surface area (Å²) in [5, 5.41) is 5.13. The van der Waals surface area contributed by atoms with Gasteiger partial charge in [0, 0.05) is 11.3 Å². The van der Waals surface area contributed by atoms with E-state index in [1.165, 1.54) is 0 Å². The van der Waals surface area contributed by atoms with Crippen LogP contribution >= 0.6 is 11.8 Å². The second-order valence-electron chi connectivity index (χ2n) is 7.23. The van der Waals surface area contributed by atoms with Crippen LogP contribution in [0.15, 0.2) is 53.6 Å². The number of nitrogens with two attached hydrogens (primary N) is 1. The molecule has 156 valence electrons. The number of nitrogens with zero attached hydrogens (tertiary/aromatic N) is 5. The van der Waals surface area contributed by atoms with Crippen molar-refractivity contribution in [2.75, 3.05) is 18.2 Å². The molecule has 0 spiro atoms. The normalized spacial score (nSPS) is 13.3. The lowest BCUT2D eigenvalue weighted by Gasteiger charge is -2.11. The summed E-state index contributed by atoms with van der Waals surface area (Å²) in [6, 6.07) is 15.6. The quantitative estimate of drug-likeness (QED) is 0.326. The Morgan fingerprint density at radius 3 is 2.65 bits per heavy atom. The maximum Gasteiger partial charge on any atom is 0.232 e. The summed E-state index contributed by atoms with van der Waals surface area (Å²) in [5.41, 5.74) is 7.67. The Balaban J connectivity index is 1.40. The third kappa shape index (κ3) is 4.36. The van der Waals surface area contributed by atoms with Crippen LogP contribution < -0.4 is 15.8 Å². The van der Waals surface area contributed by atoms with Gasteiger partial charge in [0.05, 0.1) is 24.1 Å². The second-order valence-corrected chi connectivity index (χ2v) is 8.19. The van der Waals surface area contributed by atoms with Gasteiger partial charge in [-0.3, -0.25) is 0 Å². The van der Waals surface area contributed by atoms with Crippen LogP contribution in [-0.2, 0) is 5.75 Å². The van der Waals surface area contributed by atoms with Crippen LogP contribution in [0.3, 0.4) is 0 Å². The SMILES string of the molecule is COc1ccccc1Nc1nc(N)nc(CSc2nc(C3CC3)nc3ccccc23)n1. The highest BCUT2D eigenvalue weighted by Gasteiger charge is 2.27. The van der Waals surface area contributed by atoms with Crippen LogP contribution in [0.4, 0.5) is 17.6 Å². The minimum absolute atomic E-state index is 0.161. The average Bonchev–Trinajstić information content (AvgIpc) is 3.63. The van der Waals surface area contributed by atoms with Gasteiger partial charge in [-0.05, 0) is 31.0 Å². The molecule has 9 heteroatoms. The van der Waals surface area contributed by atoms with Crippen molar-refractivity contribution in [3.05, 3.63) is 60.2 Å². The first-order chi connectivity index (χ1) is 15.2. The molecule has 0 bridgehead atoms. The highest BCUT2D eigenvalue weighted by molar-refractivity contribution is 7.98. The first kappa shape index (κ1) is 19.5. The first-order valence-corrected chi connectivity index (χ1v) is 11.0. The van der Waals surface area contributed by atoms with Crippen molar-refractivity contribution in [1.82, 2.24) is 24.9 Å². The Morgan fingerprint density at radius 1 is 1.00 bits per heavy atom. The van der Waals surface area contributed by atoms with Crippen molar-refractivity contribution < 1.29 is 4.74 Å². The number of rotatable bonds is 7. The number of aromatic nitrogens is 5. The molecule has 2 aromatic heterocycles. The Morgan fingerprint density at radius 2 is 1.81 bits per heavy atom.